The third kappa shape index (κ3) is 5.63. The summed E-state index contributed by atoms with van der Waals surface area (Å²) in [6.45, 7) is 5.58. The SMILES string of the molecule is COc1ccc(CNC(=O)[C@H](C)N(c2cc(C)cc(C)c2)S(C)(=O)=O)cc1OC. The number of sulfonamides is 1. The summed E-state index contributed by atoms with van der Waals surface area (Å²) in [5.74, 6) is 0.749. The van der Waals surface area contributed by atoms with E-state index in [9.17, 15) is 13.2 Å². The molecule has 158 valence electrons. The Balaban J connectivity index is 2.22. The standard InChI is InChI=1S/C21H28N2O5S/c1-14-9-15(2)11-18(10-14)23(29(6,25)26)16(3)21(24)22-13-17-7-8-19(27-4)20(12-17)28-5/h7-12,16H,13H2,1-6H3,(H,22,24)/t16-/m0/s1. The minimum Gasteiger partial charge on any atom is -0.493 e. The first-order chi connectivity index (χ1) is 13.6. The number of ether oxygens (including phenoxy) is 2. The summed E-state index contributed by atoms with van der Waals surface area (Å²) in [5.41, 5.74) is 3.12. The van der Waals surface area contributed by atoms with Gasteiger partial charge in [-0.15, -0.1) is 0 Å². The summed E-state index contributed by atoms with van der Waals surface area (Å²) in [6, 6.07) is 9.88. The highest BCUT2D eigenvalue weighted by Gasteiger charge is 2.29. The van der Waals surface area contributed by atoms with Crippen LogP contribution >= 0.6 is 0 Å². The van der Waals surface area contributed by atoms with Gasteiger partial charge in [0.1, 0.15) is 6.04 Å². The number of carbonyl (C=O) groups is 1. The molecule has 1 atom stereocenters. The van der Waals surface area contributed by atoms with Crippen molar-refractivity contribution < 1.29 is 22.7 Å². The molecule has 8 heteroatoms. The van der Waals surface area contributed by atoms with Gasteiger partial charge in [0, 0.05) is 6.54 Å². The van der Waals surface area contributed by atoms with Gasteiger partial charge in [0.25, 0.3) is 0 Å². The number of aryl methyl sites for hydroxylation is 2. The third-order valence-corrected chi connectivity index (χ3v) is 5.71. The monoisotopic (exact) mass is 420 g/mol. The number of carbonyl (C=O) groups excluding carboxylic acids is 1. The van der Waals surface area contributed by atoms with Crippen molar-refractivity contribution in [3.8, 4) is 11.5 Å². The Kier molecular flexibility index (Phi) is 7.13. The van der Waals surface area contributed by atoms with Crippen molar-refractivity contribution in [3.63, 3.8) is 0 Å². The summed E-state index contributed by atoms with van der Waals surface area (Å²) in [7, 11) is -0.575. The number of methoxy groups -OCH3 is 2. The van der Waals surface area contributed by atoms with Gasteiger partial charge in [-0.05, 0) is 61.7 Å². The van der Waals surface area contributed by atoms with E-state index in [4.69, 9.17) is 9.47 Å². The molecule has 0 heterocycles. The van der Waals surface area contributed by atoms with Crippen LogP contribution in [0.4, 0.5) is 5.69 Å². The molecule has 7 nitrogen and oxygen atoms in total. The lowest BCUT2D eigenvalue weighted by Crippen LogP contribution is -2.47. The van der Waals surface area contributed by atoms with Crippen LogP contribution in [0, 0.1) is 13.8 Å². The van der Waals surface area contributed by atoms with Gasteiger partial charge in [-0.1, -0.05) is 12.1 Å². The van der Waals surface area contributed by atoms with E-state index in [1.807, 2.05) is 26.0 Å². The van der Waals surface area contributed by atoms with Crippen LogP contribution in [0.3, 0.4) is 0 Å². The molecule has 0 fully saturated rings. The number of rotatable bonds is 8. The first-order valence-corrected chi connectivity index (χ1v) is 11.0. The highest BCUT2D eigenvalue weighted by atomic mass is 32.2. The minimum atomic E-state index is -3.66. The number of benzene rings is 2. The summed E-state index contributed by atoms with van der Waals surface area (Å²) in [6.07, 6.45) is 1.10. The summed E-state index contributed by atoms with van der Waals surface area (Å²) < 4.78 is 36.5. The Hall–Kier alpha value is -2.74. The minimum absolute atomic E-state index is 0.230. The number of nitrogens with one attached hydrogen (secondary N) is 1. The van der Waals surface area contributed by atoms with E-state index >= 15 is 0 Å². The van der Waals surface area contributed by atoms with Gasteiger partial charge in [-0.25, -0.2) is 8.42 Å². The van der Waals surface area contributed by atoms with Gasteiger partial charge in [0.2, 0.25) is 15.9 Å². The summed E-state index contributed by atoms with van der Waals surface area (Å²) in [5, 5.41) is 2.80. The first-order valence-electron chi connectivity index (χ1n) is 9.13. The Morgan fingerprint density at radius 2 is 1.62 bits per heavy atom. The molecule has 0 radical (unpaired) electrons. The van der Waals surface area contributed by atoms with E-state index < -0.39 is 22.0 Å². The Labute approximate surface area is 172 Å². The van der Waals surface area contributed by atoms with Crippen molar-refractivity contribution in [2.24, 2.45) is 0 Å². The van der Waals surface area contributed by atoms with Crippen molar-refractivity contribution in [2.45, 2.75) is 33.4 Å². The lowest BCUT2D eigenvalue weighted by Gasteiger charge is -2.29. The quantitative estimate of drug-likeness (QED) is 0.710. The predicted octanol–water partition coefficient (Wildman–Crippen LogP) is 2.79. The molecule has 0 spiro atoms. The van der Waals surface area contributed by atoms with Gasteiger partial charge < -0.3 is 14.8 Å². The molecule has 0 aliphatic carbocycles. The van der Waals surface area contributed by atoms with Crippen LogP contribution in [0.2, 0.25) is 0 Å². The van der Waals surface area contributed by atoms with Crippen molar-refractivity contribution in [2.75, 3.05) is 24.8 Å². The topological polar surface area (TPSA) is 84.9 Å². The second-order valence-electron chi connectivity index (χ2n) is 6.99. The first kappa shape index (κ1) is 22.5. The van der Waals surface area contributed by atoms with Crippen LogP contribution in [0.1, 0.15) is 23.6 Å². The van der Waals surface area contributed by atoms with Crippen molar-refractivity contribution >= 4 is 21.6 Å². The maximum absolute atomic E-state index is 12.8. The molecular formula is C21H28N2O5S. The zero-order chi connectivity index (χ0) is 21.8. The number of anilines is 1. The largest absolute Gasteiger partial charge is 0.493 e. The molecule has 1 amide bonds. The smallest absolute Gasteiger partial charge is 0.243 e. The summed E-state index contributed by atoms with van der Waals surface area (Å²) in [4.78, 5) is 12.8. The molecule has 2 aromatic rings. The molecule has 0 saturated heterocycles. The second-order valence-corrected chi connectivity index (χ2v) is 8.85. The fourth-order valence-corrected chi connectivity index (χ4v) is 4.37. The van der Waals surface area contributed by atoms with Crippen LogP contribution in [0.5, 0.6) is 11.5 Å². The molecule has 2 aromatic carbocycles. The van der Waals surface area contributed by atoms with Gasteiger partial charge in [-0.2, -0.15) is 0 Å². The molecule has 0 aliphatic heterocycles. The molecule has 0 unspecified atom stereocenters. The van der Waals surface area contributed by atoms with Gasteiger partial charge >= 0.3 is 0 Å². The molecule has 0 saturated carbocycles. The van der Waals surface area contributed by atoms with Crippen molar-refractivity contribution in [1.82, 2.24) is 5.32 Å². The predicted molar refractivity (Wildman–Crippen MR) is 114 cm³/mol. The zero-order valence-electron chi connectivity index (χ0n) is 17.6. The van der Waals surface area contributed by atoms with Gasteiger partial charge in [0.15, 0.2) is 11.5 Å². The average molecular weight is 421 g/mol. The normalized spacial score (nSPS) is 12.2. The molecular weight excluding hydrogens is 392 g/mol. The van der Waals surface area contributed by atoms with Crippen molar-refractivity contribution in [1.29, 1.82) is 0 Å². The van der Waals surface area contributed by atoms with E-state index in [2.05, 4.69) is 5.32 Å². The van der Waals surface area contributed by atoms with Crippen LogP contribution in [0.15, 0.2) is 36.4 Å². The number of hydrogen-bond donors (Lipinski definition) is 1. The van der Waals surface area contributed by atoms with Gasteiger partial charge in [-0.3, -0.25) is 9.10 Å². The van der Waals surface area contributed by atoms with Crippen LogP contribution in [-0.4, -0.2) is 40.8 Å². The summed E-state index contributed by atoms with van der Waals surface area (Å²) >= 11 is 0. The third-order valence-electron chi connectivity index (χ3n) is 4.46. The molecule has 0 bridgehead atoms. The number of nitrogens with zero attached hydrogens (tertiary/aromatic N) is 1. The number of hydrogen-bond acceptors (Lipinski definition) is 5. The lowest BCUT2D eigenvalue weighted by atomic mass is 10.1. The molecule has 1 N–H and O–H groups in total. The van der Waals surface area contributed by atoms with Crippen LogP contribution in [0.25, 0.3) is 0 Å². The van der Waals surface area contributed by atoms with E-state index in [0.717, 1.165) is 27.3 Å². The Morgan fingerprint density at radius 1 is 1.03 bits per heavy atom. The van der Waals surface area contributed by atoms with E-state index in [1.165, 1.54) is 7.11 Å². The molecule has 2 rings (SSSR count). The van der Waals surface area contributed by atoms with Crippen LogP contribution < -0.4 is 19.1 Å². The zero-order valence-corrected chi connectivity index (χ0v) is 18.5. The molecule has 29 heavy (non-hydrogen) atoms. The lowest BCUT2D eigenvalue weighted by molar-refractivity contribution is -0.122. The fourth-order valence-electron chi connectivity index (χ4n) is 3.21. The van der Waals surface area contributed by atoms with E-state index in [0.29, 0.717) is 17.2 Å². The highest BCUT2D eigenvalue weighted by molar-refractivity contribution is 7.92. The Bertz CT molecular complexity index is 968. The van der Waals surface area contributed by atoms with Gasteiger partial charge in [0.05, 0.1) is 26.2 Å². The van der Waals surface area contributed by atoms with Crippen molar-refractivity contribution in [3.05, 3.63) is 53.1 Å². The maximum atomic E-state index is 12.8. The van der Waals surface area contributed by atoms with E-state index in [1.54, 1.807) is 38.3 Å². The average Bonchev–Trinajstić information content (AvgIpc) is 2.63. The fraction of sp³-hybridized carbons (Fsp3) is 0.381. The maximum Gasteiger partial charge on any atom is 0.243 e. The Morgan fingerprint density at radius 3 is 2.14 bits per heavy atom. The molecule has 0 aromatic heterocycles. The van der Waals surface area contributed by atoms with Crippen LogP contribution in [-0.2, 0) is 21.4 Å². The molecule has 0 aliphatic rings. The number of amides is 1. The van der Waals surface area contributed by atoms with E-state index in [-0.39, 0.29) is 6.54 Å². The second kappa shape index (κ2) is 9.17. The highest BCUT2D eigenvalue weighted by Crippen LogP contribution is 2.28.